The lowest BCUT2D eigenvalue weighted by Crippen LogP contribution is -2.45. The van der Waals surface area contributed by atoms with Crippen molar-refractivity contribution in [2.24, 2.45) is 0 Å². The summed E-state index contributed by atoms with van der Waals surface area (Å²) in [7, 11) is 0. The topological polar surface area (TPSA) is 92.2 Å². The lowest BCUT2D eigenvalue weighted by Gasteiger charge is -2.30. The van der Waals surface area contributed by atoms with Crippen LogP contribution in [0.25, 0.3) is 5.69 Å². The molecule has 0 aliphatic carbocycles. The fourth-order valence-electron chi connectivity index (χ4n) is 3.40. The SMILES string of the molecule is Cc1c(C(=O)NC(C)C)nnn1-c1cccc2c1CCN(C(=O)NC(C)C)C2. The molecule has 3 amide bonds. The van der Waals surface area contributed by atoms with E-state index in [-0.39, 0.29) is 24.0 Å². The Morgan fingerprint density at radius 1 is 1.11 bits per heavy atom. The Morgan fingerprint density at radius 2 is 1.82 bits per heavy atom. The van der Waals surface area contributed by atoms with E-state index in [1.165, 1.54) is 0 Å². The van der Waals surface area contributed by atoms with E-state index >= 15 is 0 Å². The molecule has 2 aromatic rings. The van der Waals surface area contributed by atoms with Crippen LogP contribution in [0.2, 0.25) is 0 Å². The van der Waals surface area contributed by atoms with Gasteiger partial charge in [-0.1, -0.05) is 17.3 Å². The van der Waals surface area contributed by atoms with Gasteiger partial charge in [-0.15, -0.1) is 5.10 Å². The number of benzene rings is 1. The number of rotatable bonds is 4. The molecule has 8 heteroatoms. The molecule has 2 heterocycles. The maximum atomic E-state index is 12.3. The fourth-order valence-corrected chi connectivity index (χ4v) is 3.40. The summed E-state index contributed by atoms with van der Waals surface area (Å²) in [6.45, 7) is 10.8. The number of amides is 3. The molecule has 1 aromatic heterocycles. The molecule has 1 aromatic carbocycles. The highest BCUT2D eigenvalue weighted by molar-refractivity contribution is 5.93. The third kappa shape index (κ3) is 4.00. The zero-order valence-electron chi connectivity index (χ0n) is 17.1. The highest BCUT2D eigenvalue weighted by atomic mass is 16.2. The van der Waals surface area contributed by atoms with Crippen molar-refractivity contribution in [1.82, 2.24) is 30.5 Å². The van der Waals surface area contributed by atoms with Crippen LogP contribution in [0.5, 0.6) is 0 Å². The van der Waals surface area contributed by atoms with Gasteiger partial charge in [0.05, 0.1) is 11.4 Å². The molecule has 28 heavy (non-hydrogen) atoms. The van der Waals surface area contributed by atoms with Gasteiger partial charge in [-0.05, 0) is 58.2 Å². The van der Waals surface area contributed by atoms with E-state index in [4.69, 9.17) is 0 Å². The van der Waals surface area contributed by atoms with E-state index < -0.39 is 0 Å². The molecule has 0 unspecified atom stereocenters. The van der Waals surface area contributed by atoms with Gasteiger partial charge in [-0.25, -0.2) is 9.48 Å². The largest absolute Gasteiger partial charge is 0.348 e. The summed E-state index contributed by atoms with van der Waals surface area (Å²) >= 11 is 0. The lowest BCUT2D eigenvalue weighted by atomic mass is 9.98. The average molecular weight is 384 g/mol. The number of fused-ring (bicyclic) bond motifs is 1. The van der Waals surface area contributed by atoms with Crippen LogP contribution in [0, 0.1) is 6.92 Å². The second kappa shape index (κ2) is 8.00. The molecule has 0 fully saturated rings. The number of nitrogens with one attached hydrogen (secondary N) is 2. The molecule has 3 rings (SSSR count). The summed E-state index contributed by atoms with van der Waals surface area (Å²) in [4.78, 5) is 26.5. The fraction of sp³-hybridized carbons (Fsp3) is 0.500. The van der Waals surface area contributed by atoms with E-state index in [9.17, 15) is 9.59 Å². The van der Waals surface area contributed by atoms with Crippen LogP contribution >= 0.6 is 0 Å². The van der Waals surface area contributed by atoms with Crippen molar-refractivity contribution in [1.29, 1.82) is 0 Å². The molecular formula is C20H28N6O2. The first-order valence-corrected chi connectivity index (χ1v) is 9.67. The van der Waals surface area contributed by atoms with Gasteiger partial charge >= 0.3 is 6.03 Å². The quantitative estimate of drug-likeness (QED) is 0.845. The lowest BCUT2D eigenvalue weighted by molar-refractivity contribution is 0.0937. The normalized spacial score (nSPS) is 13.6. The van der Waals surface area contributed by atoms with E-state index in [0.29, 0.717) is 24.5 Å². The molecule has 0 saturated carbocycles. The standard InChI is InChI=1S/C20H28N6O2/c1-12(2)21-19(27)18-14(5)26(24-23-18)17-8-6-7-15-11-25(10-9-16(15)17)20(28)22-13(3)4/h6-8,12-13H,9-11H2,1-5H3,(H,21,27)(H,22,28). The van der Waals surface area contributed by atoms with Crippen molar-refractivity contribution in [2.75, 3.05) is 6.54 Å². The molecule has 0 spiro atoms. The molecule has 0 bridgehead atoms. The van der Waals surface area contributed by atoms with Gasteiger partial charge in [-0.2, -0.15) is 0 Å². The van der Waals surface area contributed by atoms with E-state index in [2.05, 4.69) is 20.9 Å². The minimum atomic E-state index is -0.222. The molecule has 2 N–H and O–H groups in total. The van der Waals surface area contributed by atoms with Gasteiger partial charge in [0.1, 0.15) is 0 Å². The Bertz CT molecular complexity index is 887. The first-order chi connectivity index (χ1) is 13.3. The Morgan fingerprint density at radius 3 is 2.50 bits per heavy atom. The first-order valence-electron chi connectivity index (χ1n) is 9.67. The third-order valence-electron chi connectivity index (χ3n) is 4.70. The van der Waals surface area contributed by atoms with Crippen molar-refractivity contribution in [2.45, 2.75) is 59.7 Å². The number of carbonyl (C=O) groups excluding carboxylic acids is 2. The molecular weight excluding hydrogens is 356 g/mol. The van der Waals surface area contributed by atoms with Crippen LogP contribution in [-0.2, 0) is 13.0 Å². The van der Waals surface area contributed by atoms with Crippen LogP contribution in [0.1, 0.15) is 55.0 Å². The Kier molecular flexibility index (Phi) is 5.67. The predicted octanol–water partition coefficient (Wildman–Crippen LogP) is 2.19. The highest BCUT2D eigenvalue weighted by Crippen LogP contribution is 2.26. The van der Waals surface area contributed by atoms with Crippen molar-refractivity contribution < 1.29 is 9.59 Å². The van der Waals surface area contributed by atoms with Gasteiger partial charge in [0.15, 0.2) is 5.69 Å². The van der Waals surface area contributed by atoms with E-state index in [1.54, 1.807) is 4.68 Å². The number of urea groups is 1. The maximum absolute atomic E-state index is 12.3. The molecule has 1 aliphatic rings. The zero-order valence-corrected chi connectivity index (χ0v) is 17.1. The summed E-state index contributed by atoms with van der Waals surface area (Å²) in [6, 6.07) is 6.06. The van der Waals surface area contributed by atoms with Crippen molar-refractivity contribution in [3.8, 4) is 5.69 Å². The van der Waals surface area contributed by atoms with Crippen LogP contribution in [-0.4, -0.2) is 50.5 Å². The predicted molar refractivity (Wildman–Crippen MR) is 106 cm³/mol. The average Bonchev–Trinajstić information content (AvgIpc) is 3.01. The van der Waals surface area contributed by atoms with Crippen molar-refractivity contribution in [3.63, 3.8) is 0 Å². The molecule has 8 nitrogen and oxygen atoms in total. The monoisotopic (exact) mass is 384 g/mol. The number of aromatic nitrogens is 3. The van der Waals surface area contributed by atoms with Gasteiger partial charge in [0.2, 0.25) is 0 Å². The van der Waals surface area contributed by atoms with Gasteiger partial charge in [0, 0.05) is 25.2 Å². The van der Waals surface area contributed by atoms with Crippen molar-refractivity contribution >= 4 is 11.9 Å². The Labute approximate surface area is 165 Å². The number of hydrogen-bond donors (Lipinski definition) is 2. The third-order valence-corrected chi connectivity index (χ3v) is 4.70. The first kappa shape index (κ1) is 19.9. The van der Waals surface area contributed by atoms with E-state index in [0.717, 1.165) is 23.2 Å². The smallest absolute Gasteiger partial charge is 0.317 e. The maximum Gasteiger partial charge on any atom is 0.317 e. The summed E-state index contributed by atoms with van der Waals surface area (Å²) in [5.41, 5.74) is 4.17. The van der Waals surface area contributed by atoms with Gasteiger partial charge < -0.3 is 15.5 Å². The molecule has 1 aliphatic heterocycles. The van der Waals surface area contributed by atoms with Crippen molar-refractivity contribution in [3.05, 3.63) is 40.7 Å². The summed E-state index contributed by atoms with van der Waals surface area (Å²) in [5, 5.41) is 14.1. The highest BCUT2D eigenvalue weighted by Gasteiger charge is 2.25. The molecule has 0 atom stereocenters. The van der Waals surface area contributed by atoms with Gasteiger partial charge in [0.25, 0.3) is 5.91 Å². The second-order valence-corrected chi connectivity index (χ2v) is 7.75. The minimum absolute atomic E-state index is 0.0319. The summed E-state index contributed by atoms with van der Waals surface area (Å²) < 4.78 is 1.72. The minimum Gasteiger partial charge on any atom is -0.348 e. The number of nitrogens with zero attached hydrogens (tertiary/aromatic N) is 4. The van der Waals surface area contributed by atoms with Crippen LogP contribution in [0.3, 0.4) is 0 Å². The summed E-state index contributed by atoms with van der Waals surface area (Å²) in [6.07, 6.45) is 0.726. The zero-order chi connectivity index (χ0) is 20.4. The molecule has 150 valence electrons. The van der Waals surface area contributed by atoms with E-state index in [1.807, 2.05) is 57.7 Å². The van der Waals surface area contributed by atoms with Crippen LogP contribution < -0.4 is 10.6 Å². The van der Waals surface area contributed by atoms with Crippen LogP contribution in [0.15, 0.2) is 18.2 Å². The Balaban J connectivity index is 1.88. The molecule has 0 radical (unpaired) electrons. The number of hydrogen-bond acceptors (Lipinski definition) is 4. The number of carbonyl (C=O) groups is 2. The van der Waals surface area contributed by atoms with Crippen LogP contribution in [0.4, 0.5) is 4.79 Å². The summed E-state index contributed by atoms with van der Waals surface area (Å²) in [5.74, 6) is -0.222. The molecule has 0 saturated heterocycles. The van der Waals surface area contributed by atoms with Gasteiger partial charge in [-0.3, -0.25) is 4.79 Å². The Hall–Kier alpha value is -2.90. The second-order valence-electron chi connectivity index (χ2n) is 7.75.